The molecule has 6 heteroatoms. The monoisotopic (exact) mass is 311 g/mol. The largest absolute Gasteiger partial charge is 0.340 e. The highest BCUT2D eigenvalue weighted by molar-refractivity contribution is 5.92. The van der Waals surface area contributed by atoms with Gasteiger partial charge in [0.15, 0.2) is 0 Å². The number of rotatable bonds is 3. The third-order valence-electron chi connectivity index (χ3n) is 4.98. The molecular formula is C17H21N5O. The first kappa shape index (κ1) is 14.4. The van der Waals surface area contributed by atoms with Crippen molar-refractivity contribution in [3.05, 3.63) is 48.3 Å². The minimum atomic E-state index is 0.0530. The van der Waals surface area contributed by atoms with Crippen molar-refractivity contribution in [2.24, 2.45) is 13.0 Å². The van der Waals surface area contributed by atoms with Gasteiger partial charge >= 0.3 is 0 Å². The van der Waals surface area contributed by atoms with E-state index in [1.807, 2.05) is 28.8 Å². The molecule has 2 aliphatic rings. The third-order valence-corrected chi connectivity index (χ3v) is 4.98. The second-order valence-corrected chi connectivity index (χ2v) is 6.58. The van der Waals surface area contributed by atoms with Crippen molar-refractivity contribution in [1.82, 2.24) is 24.3 Å². The Kier molecular flexibility index (Phi) is 3.61. The fourth-order valence-electron chi connectivity index (χ4n) is 3.68. The number of amides is 1. The van der Waals surface area contributed by atoms with Gasteiger partial charge in [0.05, 0.1) is 6.33 Å². The molecule has 4 heterocycles. The number of carbonyl (C=O) groups excluding carboxylic acids is 1. The van der Waals surface area contributed by atoms with E-state index >= 15 is 0 Å². The lowest BCUT2D eigenvalue weighted by molar-refractivity contribution is -0.0429. The van der Waals surface area contributed by atoms with Gasteiger partial charge in [0.25, 0.3) is 5.91 Å². The zero-order valence-electron chi connectivity index (χ0n) is 13.3. The topological polar surface area (TPSA) is 54.3 Å². The number of piperidine rings is 1. The highest BCUT2D eigenvalue weighted by Gasteiger charge is 2.43. The lowest BCUT2D eigenvalue weighted by Gasteiger charge is -2.53. The van der Waals surface area contributed by atoms with Crippen molar-refractivity contribution >= 4 is 5.91 Å². The molecule has 0 N–H and O–H groups in total. The summed E-state index contributed by atoms with van der Waals surface area (Å²) in [7, 11) is 1.89. The first-order valence-electron chi connectivity index (χ1n) is 8.11. The van der Waals surface area contributed by atoms with Crippen molar-refractivity contribution in [3.8, 4) is 0 Å². The maximum Gasteiger partial charge on any atom is 0.274 e. The van der Waals surface area contributed by atoms with Crippen LogP contribution in [0.25, 0.3) is 0 Å². The van der Waals surface area contributed by atoms with Crippen LogP contribution in [-0.4, -0.2) is 55.9 Å². The van der Waals surface area contributed by atoms with Crippen LogP contribution in [-0.2, 0) is 13.6 Å². The van der Waals surface area contributed by atoms with Gasteiger partial charge in [-0.3, -0.25) is 14.7 Å². The summed E-state index contributed by atoms with van der Waals surface area (Å²) in [4.78, 5) is 25.4. The fourth-order valence-corrected chi connectivity index (χ4v) is 3.68. The van der Waals surface area contributed by atoms with E-state index in [2.05, 4.69) is 20.9 Å². The van der Waals surface area contributed by atoms with Crippen LogP contribution in [0, 0.1) is 5.92 Å². The van der Waals surface area contributed by atoms with Crippen LogP contribution < -0.4 is 0 Å². The summed E-state index contributed by atoms with van der Waals surface area (Å²) in [5.74, 6) is 0.775. The van der Waals surface area contributed by atoms with Gasteiger partial charge in [-0.25, -0.2) is 4.98 Å². The summed E-state index contributed by atoms with van der Waals surface area (Å²) in [6, 6.07) is 4.56. The van der Waals surface area contributed by atoms with E-state index in [1.165, 1.54) is 5.56 Å². The molecule has 0 spiro atoms. The molecule has 2 atom stereocenters. The van der Waals surface area contributed by atoms with Gasteiger partial charge in [-0.2, -0.15) is 0 Å². The number of imidazole rings is 1. The number of aryl methyl sites for hydroxylation is 1. The molecule has 120 valence electrons. The molecule has 2 aromatic rings. The number of hydrogen-bond acceptors (Lipinski definition) is 4. The maximum absolute atomic E-state index is 12.6. The quantitative estimate of drug-likeness (QED) is 0.853. The summed E-state index contributed by atoms with van der Waals surface area (Å²) in [5, 5.41) is 0. The summed E-state index contributed by atoms with van der Waals surface area (Å²) >= 11 is 0. The lowest BCUT2D eigenvalue weighted by atomic mass is 9.82. The van der Waals surface area contributed by atoms with Gasteiger partial charge in [-0.1, -0.05) is 6.07 Å². The van der Waals surface area contributed by atoms with Crippen LogP contribution in [0.1, 0.15) is 22.5 Å². The van der Waals surface area contributed by atoms with E-state index in [-0.39, 0.29) is 5.91 Å². The molecule has 0 saturated carbocycles. The summed E-state index contributed by atoms with van der Waals surface area (Å²) in [6.07, 6.45) is 8.29. The predicted molar refractivity (Wildman–Crippen MR) is 85.7 cm³/mol. The van der Waals surface area contributed by atoms with E-state index < -0.39 is 0 Å². The summed E-state index contributed by atoms with van der Waals surface area (Å²) < 4.78 is 1.82. The first-order valence-corrected chi connectivity index (χ1v) is 8.11. The third kappa shape index (κ3) is 2.74. The zero-order chi connectivity index (χ0) is 15.8. The number of pyridine rings is 1. The van der Waals surface area contributed by atoms with E-state index in [1.54, 1.807) is 18.7 Å². The lowest BCUT2D eigenvalue weighted by Crippen LogP contribution is -2.64. The Balaban J connectivity index is 1.41. The summed E-state index contributed by atoms with van der Waals surface area (Å²) in [6.45, 7) is 3.70. The maximum atomic E-state index is 12.6. The molecule has 2 fully saturated rings. The van der Waals surface area contributed by atoms with E-state index in [4.69, 9.17) is 0 Å². The number of hydrogen-bond donors (Lipinski definition) is 0. The van der Waals surface area contributed by atoms with Crippen molar-refractivity contribution in [3.63, 3.8) is 0 Å². The Hall–Kier alpha value is -2.21. The molecule has 2 saturated heterocycles. The van der Waals surface area contributed by atoms with Crippen molar-refractivity contribution < 1.29 is 4.79 Å². The van der Waals surface area contributed by atoms with E-state index in [9.17, 15) is 4.79 Å². The SMILES string of the molecule is Cn1cnc(C(=O)N2CC[C@@H]3CN(Cc4cccnc4)[C@@H]3C2)c1. The highest BCUT2D eigenvalue weighted by Crippen LogP contribution is 2.33. The normalized spacial score (nSPS) is 24.1. The minimum absolute atomic E-state index is 0.0530. The first-order chi connectivity index (χ1) is 11.2. The van der Waals surface area contributed by atoms with Crippen LogP contribution >= 0.6 is 0 Å². The molecule has 1 amide bonds. The van der Waals surface area contributed by atoms with E-state index in [0.29, 0.717) is 11.7 Å². The van der Waals surface area contributed by atoms with Crippen molar-refractivity contribution in [2.45, 2.75) is 19.0 Å². The molecule has 0 aliphatic carbocycles. The molecule has 4 rings (SSSR count). The molecule has 23 heavy (non-hydrogen) atoms. The Morgan fingerprint density at radius 1 is 1.39 bits per heavy atom. The van der Waals surface area contributed by atoms with Gasteiger partial charge in [-0.05, 0) is 24.0 Å². The smallest absolute Gasteiger partial charge is 0.274 e. The predicted octanol–water partition coefficient (Wildman–Crippen LogP) is 1.16. The van der Waals surface area contributed by atoms with Crippen LogP contribution in [0.5, 0.6) is 0 Å². The highest BCUT2D eigenvalue weighted by atomic mass is 16.2. The van der Waals surface area contributed by atoms with Gasteiger partial charge < -0.3 is 9.47 Å². The number of fused-ring (bicyclic) bond motifs is 1. The number of carbonyl (C=O) groups is 1. The average Bonchev–Trinajstić information content (AvgIpc) is 2.99. The van der Waals surface area contributed by atoms with Gasteiger partial charge in [-0.15, -0.1) is 0 Å². The molecule has 0 aromatic carbocycles. The molecule has 6 nitrogen and oxygen atoms in total. The van der Waals surface area contributed by atoms with Crippen LogP contribution in [0.3, 0.4) is 0 Å². The van der Waals surface area contributed by atoms with Crippen LogP contribution in [0.4, 0.5) is 0 Å². The second-order valence-electron chi connectivity index (χ2n) is 6.58. The Bertz CT molecular complexity index is 698. The molecular weight excluding hydrogens is 290 g/mol. The van der Waals surface area contributed by atoms with Crippen LogP contribution in [0.2, 0.25) is 0 Å². The summed E-state index contributed by atoms with van der Waals surface area (Å²) in [5.41, 5.74) is 1.78. The van der Waals surface area contributed by atoms with Crippen molar-refractivity contribution in [2.75, 3.05) is 19.6 Å². The van der Waals surface area contributed by atoms with E-state index in [0.717, 1.165) is 38.5 Å². The Morgan fingerprint density at radius 2 is 2.30 bits per heavy atom. The molecule has 0 radical (unpaired) electrons. The van der Waals surface area contributed by atoms with Gasteiger partial charge in [0.2, 0.25) is 0 Å². The van der Waals surface area contributed by atoms with Crippen LogP contribution in [0.15, 0.2) is 37.1 Å². The molecule has 0 bridgehead atoms. The molecule has 0 unspecified atom stereocenters. The van der Waals surface area contributed by atoms with Crippen molar-refractivity contribution in [1.29, 1.82) is 0 Å². The number of nitrogens with zero attached hydrogens (tertiary/aromatic N) is 5. The minimum Gasteiger partial charge on any atom is -0.340 e. The Labute approximate surface area is 135 Å². The average molecular weight is 311 g/mol. The second kappa shape index (κ2) is 5.77. The number of likely N-dealkylation sites (tertiary alicyclic amines) is 2. The van der Waals surface area contributed by atoms with Gasteiger partial charge in [0, 0.05) is 57.9 Å². The standard InChI is InChI=1S/C17H21N5O/c1-20-10-15(19-12-20)17(23)21-6-4-14-9-22(16(14)11-21)8-13-3-2-5-18-7-13/h2-3,5,7,10,12,14,16H,4,6,8-9,11H2,1H3/t14-,16-/m1/s1. The number of aromatic nitrogens is 3. The zero-order valence-corrected chi connectivity index (χ0v) is 13.3. The van der Waals surface area contributed by atoms with Gasteiger partial charge in [0.1, 0.15) is 5.69 Å². The molecule has 2 aromatic heterocycles. The fraction of sp³-hybridized carbons (Fsp3) is 0.471. The molecule has 2 aliphatic heterocycles. The Morgan fingerprint density at radius 3 is 3.04 bits per heavy atom.